The fourth-order valence-corrected chi connectivity index (χ4v) is 4.28. The first kappa shape index (κ1) is 22.6. The van der Waals surface area contributed by atoms with Crippen molar-refractivity contribution in [2.24, 2.45) is 0 Å². The highest BCUT2D eigenvalue weighted by Gasteiger charge is 2.14. The molecule has 0 aliphatic rings. The second-order valence-electron chi connectivity index (χ2n) is 6.64. The number of anilines is 1. The molecule has 0 atom stereocenters. The van der Waals surface area contributed by atoms with Gasteiger partial charge in [0.15, 0.2) is 5.76 Å². The van der Waals surface area contributed by atoms with Crippen molar-refractivity contribution < 1.29 is 13.9 Å². The second kappa shape index (κ2) is 10.4. The molecule has 8 heteroatoms. The van der Waals surface area contributed by atoms with Gasteiger partial charge in [0.25, 0.3) is 5.91 Å². The molecule has 0 saturated heterocycles. The Bertz CT molecular complexity index is 1240. The molecule has 1 amide bonds. The Morgan fingerprint density at radius 2 is 1.66 bits per heavy atom. The van der Waals surface area contributed by atoms with Gasteiger partial charge in [-0.15, -0.1) is 0 Å². The lowest BCUT2D eigenvalue weighted by Crippen LogP contribution is -2.11. The number of hydrogen-bond donors (Lipinski definition) is 1. The molecule has 0 spiro atoms. The van der Waals surface area contributed by atoms with Crippen LogP contribution in [0.3, 0.4) is 0 Å². The minimum absolute atomic E-state index is 0.123. The van der Waals surface area contributed by atoms with E-state index < -0.39 is 0 Å². The number of rotatable bonds is 7. The van der Waals surface area contributed by atoms with Crippen LogP contribution < -0.4 is 10.1 Å². The maximum Gasteiger partial charge on any atom is 0.291 e. The quantitative estimate of drug-likeness (QED) is 0.275. The van der Waals surface area contributed by atoms with E-state index in [1.807, 2.05) is 48.5 Å². The highest BCUT2D eigenvalue weighted by atomic mass is 35.5. The van der Waals surface area contributed by atoms with Crippen LogP contribution >= 0.6 is 46.6 Å². The number of ether oxygens (including phenoxy) is 1. The molecule has 0 bridgehead atoms. The number of benzene rings is 3. The van der Waals surface area contributed by atoms with E-state index in [0.717, 1.165) is 9.79 Å². The molecule has 1 N–H and O–H groups in total. The lowest BCUT2D eigenvalue weighted by atomic mass is 10.3. The maximum absolute atomic E-state index is 12.7. The van der Waals surface area contributed by atoms with Gasteiger partial charge in [-0.1, -0.05) is 58.7 Å². The van der Waals surface area contributed by atoms with Crippen LogP contribution in [-0.2, 0) is 6.61 Å². The summed E-state index contributed by atoms with van der Waals surface area (Å²) in [4.78, 5) is 14.6. The third-order valence-electron chi connectivity index (χ3n) is 4.33. The maximum atomic E-state index is 12.7. The van der Waals surface area contributed by atoms with Crippen LogP contribution in [0.2, 0.25) is 15.1 Å². The van der Waals surface area contributed by atoms with Gasteiger partial charge in [0.05, 0.1) is 10.7 Å². The first-order valence-corrected chi connectivity index (χ1v) is 11.4. The third kappa shape index (κ3) is 5.81. The van der Waals surface area contributed by atoms with E-state index in [2.05, 4.69) is 5.32 Å². The molecule has 3 aromatic carbocycles. The van der Waals surface area contributed by atoms with Crippen molar-refractivity contribution in [2.75, 3.05) is 5.32 Å². The van der Waals surface area contributed by atoms with E-state index in [-0.39, 0.29) is 18.3 Å². The minimum atomic E-state index is -0.357. The molecular formula is C24H16Cl3NO3S. The van der Waals surface area contributed by atoms with Gasteiger partial charge in [0, 0.05) is 19.8 Å². The number of carbonyl (C=O) groups is 1. The van der Waals surface area contributed by atoms with Gasteiger partial charge in [-0.3, -0.25) is 4.79 Å². The summed E-state index contributed by atoms with van der Waals surface area (Å²) in [5.41, 5.74) is 0.680. The summed E-state index contributed by atoms with van der Waals surface area (Å²) in [6.07, 6.45) is 0. The predicted molar refractivity (Wildman–Crippen MR) is 129 cm³/mol. The van der Waals surface area contributed by atoms with Crippen LogP contribution in [0.4, 0.5) is 5.69 Å². The number of halogens is 3. The van der Waals surface area contributed by atoms with Crippen molar-refractivity contribution >= 4 is 58.2 Å². The zero-order chi connectivity index (χ0) is 22.5. The van der Waals surface area contributed by atoms with Crippen molar-refractivity contribution in [1.82, 2.24) is 0 Å². The van der Waals surface area contributed by atoms with Crippen LogP contribution in [0.1, 0.15) is 16.3 Å². The molecule has 0 saturated carbocycles. The van der Waals surface area contributed by atoms with Crippen LogP contribution in [0, 0.1) is 0 Å². The zero-order valence-electron chi connectivity index (χ0n) is 16.5. The number of hydrogen-bond acceptors (Lipinski definition) is 4. The molecule has 0 aliphatic carbocycles. The lowest BCUT2D eigenvalue weighted by Gasteiger charge is -2.10. The molecule has 0 unspecified atom stereocenters. The summed E-state index contributed by atoms with van der Waals surface area (Å²) >= 11 is 19.5. The van der Waals surface area contributed by atoms with Gasteiger partial charge < -0.3 is 14.5 Å². The summed E-state index contributed by atoms with van der Waals surface area (Å²) in [6.45, 7) is 0.123. The van der Waals surface area contributed by atoms with Gasteiger partial charge in [-0.2, -0.15) is 0 Å². The summed E-state index contributed by atoms with van der Waals surface area (Å²) < 4.78 is 11.3. The Balaban J connectivity index is 1.41. The minimum Gasteiger partial charge on any atom is -0.484 e. The van der Waals surface area contributed by atoms with E-state index in [0.29, 0.717) is 32.3 Å². The zero-order valence-corrected chi connectivity index (χ0v) is 19.6. The molecule has 32 heavy (non-hydrogen) atoms. The number of furan rings is 1. The van der Waals surface area contributed by atoms with Gasteiger partial charge in [-0.25, -0.2) is 0 Å². The summed E-state index contributed by atoms with van der Waals surface area (Å²) in [5, 5.41) is 4.50. The van der Waals surface area contributed by atoms with Crippen LogP contribution in [0.5, 0.6) is 5.75 Å². The van der Waals surface area contributed by atoms with E-state index in [4.69, 9.17) is 44.0 Å². The smallest absolute Gasteiger partial charge is 0.291 e. The molecule has 4 rings (SSSR count). The molecule has 4 nitrogen and oxygen atoms in total. The van der Waals surface area contributed by atoms with Gasteiger partial charge >= 0.3 is 0 Å². The molecule has 4 aromatic rings. The van der Waals surface area contributed by atoms with E-state index in [1.165, 1.54) is 11.8 Å². The molecule has 0 fully saturated rings. The average molecular weight is 505 g/mol. The Morgan fingerprint density at radius 1 is 0.906 bits per heavy atom. The normalized spacial score (nSPS) is 10.7. The molecule has 1 heterocycles. The van der Waals surface area contributed by atoms with Crippen molar-refractivity contribution in [1.29, 1.82) is 0 Å². The summed E-state index contributed by atoms with van der Waals surface area (Å²) in [5.74, 6) is 0.790. The predicted octanol–water partition coefficient (Wildman–Crippen LogP) is 8.22. The number of para-hydroxylation sites is 1. The number of amides is 1. The number of nitrogens with one attached hydrogen (secondary N) is 1. The first-order valence-electron chi connectivity index (χ1n) is 9.48. The van der Waals surface area contributed by atoms with Crippen LogP contribution in [0.15, 0.2) is 93.1 Å². The van der Waals surface area contributed by atoms with Crippen LogP contribution in [-0.4, -0.2) is 5.91 Å². The molecule has 1 aromatic heterocycles. The SMILES string of the molecule is O=C(Nc1ccccc1Sc1ccc(Cl)cc1)c1ccc(COc2ccc(Cl)cc2Cl)o1. The molecule has 162 valence electrons. The Kier molecular flexibility index (Phi) is 7.33. The van der Waals surface area contributed by atoms with E-state index >= 15 is 0 Å². The Hall–Kier alpha value is -2.57. The fourth-order valence-electron chi connectivity index (χ4n) is 2.79. The summed E-state index contributed by atoms with van der Waals surface area (Å²) in [7, 11) is 0. The van der Waals surface area contributed by atoms with Gasteiger partial charge in [0.2, 0.25) is 0 Å². The van der Waals surface area contributed by atoms with Crippen molar-refractivity contribution in [3.8, 4) is 5.75 Å². The van der Waals surface area contributed by atoms with E-state index in [1.54, 1.807) is 30.3 Å². The van der Waals surface area contributed by atoms with Gasteiger partial charge in [0.1, 0.15) is 18.1 Å². The topological polar surface area (TPSA) is 51.5 Å². The van der Waals surface area contributed by atoms with Crippen molar-refractivity contribution in [2.45, 2.75) is 16.4 Å². The third-order valence-corrected chi connectivity index (χ3v) is 6.19. The second-order valence-corrected chi connectivity index (χ2v) is 9.03. The number of carbonyl (C=O) groups excluding carboxylic acids is 1. The van der Waals surface area contributed by atoms with Crippen LogP contribution in [0.25, 0.3) is 0 Å². The van der Waals surface area contributed by atoms with Gasteiger partial charge in [-0.05, 0) is 66.7 Å². The highest BCUT2D eigenvalue weighted by molar-refractivity contribution is 7.99. The Labute approximate surface area is 204 Å². The summed E-state index contributed by atoms with van der Waals surface area (Å²) in [6, 6.07) is 23.3. The largest absolute Gasteiger partial charge is 0.484 e. The molecular weight excluding hydrogens is 489 g/mol. The average Bonchev–Trinajstić information content (AvgIpc) is 3.25. The van der Waals surface area contributed by atoms with Crippen molar-refractivity contribution in [3.63, 3.8) is 0 Å². The Morgan fingerprint density at radius 3 is 2.44 bits per heavy atom. The lowest BCUT2D eigenvalue weighted by molar-refractivity contribution is 0.0992. The fraction of sp³-hybridized carbons (Fsp3) is 0.0417. The highest BCUT2D eigenvalue weighted by Crippen LogP contribution is 2.34. The molecule has 0 radical (unpaired) electrons. The molecule has 0 aliphatic heterocycles. The monoisotopic (exact) mass is 503 g/mol. The standard InChI is InChI=1S/C24H16Cl3NO3S/c25-15-5-9-18(10-6-15)32-23-4-2-1-3-20(23)28-24(29)22-12-8-17(31-22)14-30-21-11-7-16(26)13-19(21)27/h1-13H,14H2,(H,28,29). The first-order chi connectivity index (χ1) is 15.5. The van der Waals surface area contributed by atoms with Crippen molar-refractivity contribution in [3.05, 3.63) is 105 Å². The van der Waals surface area contributed by atoms with E-state index in [9.17, 15) is 4.79 Å².